The van der Waals surface area contributed by atoms with Gasteiger partial charge in [0.25, 0.3) is 0 Å². The van der Waals surface area contributed by atoms with Gasteiger partial charge in [-0.25, -0.2) is 0 Å². The summed E-state index contributed by atoms with van der Waals surface area (Å²) >= 11 is 0. The van der Waals surface area contributed by atoms with Crippen LogP contribution in [0.25, 0.3) is 0 Å². The molecule has 39 heavy (non-hydrogen) atoms. The number of benzene rings is 2. The summed E-state index contributed by atoms with van der Waals surface area (Å²) in [4.78, 5) is 0. The molecule has 0 amide bonds. The van der Waals surface area contributed by atoms with Gasteiger partial charge in [0, 0.05) is 23.7 Å². The molecule has 1 saturated carbocycles. The maximum Gasteiger partial charge on any atom is 0.120 e. The van der Waals surface area contributed by atoms with Crippen LogP contribution in [0.5, 0.6) is 11.5 Å². The molecule has 2 aromatic rings. The van der Waals surface area contributed by atoms with E-state index in [0.717, 1.165) is 43.7 Å². The Hall–Kier alpha value is -2.04. The van der Waals surface area contributed by atoms with Gasteiger partial charge in [-0.1, -0.05) is 65.8 Å². The van der Waals surface area contributed by atoms with Gasteiger partial charge in [-0.3, -0.25) is 0 Å². The zero-order valence-corrected chi connectivity index (χ0v) is 26.7. The van der Waals surface area contributed by atoms with Crippen molar-refractivity contribution in [1.82, 2.24) is 10.6 Å². The summed E-state index contributed by atoms with van der Waals surface area (Å²) in [5, 5.41) is 7.65. The Bertz CT molecular complexity index is 1050. The molecule has 2 N–H and O–H groups in total. The first-order valence-electron chi connectivity index (χ1n) is 15.0. The summed E-state index contributed by atoms with van der Waals surface area (Å²) in [6.07, 6.45) is 4.72. The molecule has 0 radical (unpaired) electrons. The molecule has 1 aliphatic carbocycles. The highest BCUT2D eigenvalue weighted by Crippen LogP contribution is 2.32. The van der Waals surface area contributed by atoms with Gasteiger partial charge >= 0.3 is 0 Å². The van der Waals surface area contributed by atoms with Gasteiger partial charge in [0.15, 0.2) is 0 Å². The Morgan fingerprint density at radius 1 is 0.744 bits per heavy atom. The molecule has 0 aliphatic heterocycles. The van der Waals surface area contributed by atoms with Crippen molar-refractivity contribution in [1.29, 1.82) is 0 Å². The molecule has 0 aromatic heterocycles. The molecule has 0 unspecified atom stereocenters. The fourth-order valence-corrected chi connectivity index (χ4v) is 5.08. The van der Waals surface area contributed by atoms with Crippen LogP contribution in [0.2, 0.25) is 0 Å². The van der Waals surface area contributed by atoms with Crippen molar-refractivity contribution in [2.75, 3.05) is 6.54 Å². The lowest BCUT2D eigenvalue weighted by Crippen LogP contribution is -2.55. The highest BCUT2D eigenvalue weighted by atomic mass is 16.5. The van der Waals surface area contributed by atoms with Crippen molar-refractivity contribution < 1.29 is 9.47 Å². The number of ether oxygens (including phenoxy) is 2. The topological polar surface area (TPSA) is 42.5 Å². The summed E-state index contributed by atoms with van der Waals surface area (Å²) in [6, 6.07) is 17.6. The van der Waals surface area contributed by atoms with Gasteiger partial charge in [-0.2, -0.15) is 0 Å². The van der Waals surface area contributed by atoms with Crippen molar-refractivity contribution in [2.45, 2.75) is 142 Å². The van der Waals surface area contributed by atoms with E-state index in [0.29, 0.717) is 12.1 Å². The van der Waals surface area contributed by atoms with Crippen molar-refractivity contribution >= 4 is 0 Å². The van der Waals surface area contributed by atoms with Crippen LogP contribution >= 0.6 is 0 Å². The minimum Gasteiger partial charge on any atom is -0.490 e. The molecule has 4 nitrogen and oxygen atoms in total. The van der Waals surface area contributed by atoms with Crippen LogP contribution in [0.1, 0.15) is 113 Å². The first-order chi connectivity index (χ1) is 17.9. The standard InChI is InChI=1S/C35H56N2O2/c1-25(38-29-16-12-14-26(20-29)32(2,3)4)24-36-34(8,9)18-19-35(10,11)37-28-22-31(23-28)39-30-17-13-15-27(21-30)33(5,6)7/h12-17,20-21,25,28,31,36-37H,18-19,22-24H2,1-11H3/t25-,28?,31?/m1/s1. The summed E-state index contributed by atoms with van der Waals surface area (Å²) in [5.74, 6) is 1.95. The molecule has 1 aliphatic rings. The van der Waals surface area contributed by atoms with Crippen LogP contribution in [0, 0.1) is 0 Å². The Morgan fingerprint density at radius 3 is 1.82 bits per heavy atom. The van der Waals surface area contributed by atoms with Gasteiger partial charge < -0.3 is 20.1 Å². The summed E-state index contributed by atoms with van der Waals surface area (Å²) in [6.45, 7) is 25.7. The number of hydrogen-bond acceptors (Lipinski definition) is 4. The van der Waals surface area contributed by atoms with Crippen molar-refractivity contribution in [3.8, 4) is 11.5 Å². The highest BCUT2D eigenvalue weighted by molar-refractivity contribution is 5.33. The Labute approximate surface area is 239 Å². The predicted octanol–water partition coefficient (Wildman–Crippen LogP) is 8.18. The van der Waals surface area contributed by atoms with Crippen LogP contribution in [-0.2, 0) is 10.8 Å². The van der Waals surface area contributed by atoms with Crippen molar-refractivity contribution in [3.63, 3.8) is 0 Å². The highest BCUT2D eigenvalue weighted by Gasteiger charge is 2.35. The third-order valence-corrected chi connectivity index (χ3v) is 7.97. The lowest BCUT2D eigenvalue weighted by Gasteiger charge is -2.42. The fraction of sp³-hybridized carbons (Fsp3) is 0.657. The molecular formula is C35H56N2O2. The second kappa shape index (κ2) is 12.2. The van der Waals surface area contributed by atoms with E-state index in [4.69, 9.17) is 9.47 Å². The van der Waals surface area contributed by atoms with Crippen LogP contribution in [0.4, 0.5) is 0 Å². The summed E-state index contributed by atoms with van der Waals surface area (Å²) in [5.41, 5.74) is 2.99. The van der Waals surface area contributed by atoms with Crippen LogP contribution < -0.4 is 20.1 Å². The average molecular weight is 537 g/mol. The Balaban J connectivity index is 1.39. The maximum absolute atomic E-state index is 6.30. The van der Waals surface area contributed by atoms with E-state index < -0.39 is 0 Å². The average Bonchev–Trinajstić information content (AvgIpc) is 2.80. The normalized spacial score (nSPS) is 19.4. The van der Waals surface area contributed by atoms with Gasteiger partial charge in [0.05, 0.1) is 0 Å². The number of rotatable bonds is 12. The molecule has 0 heterocycles. The maximum atomic E-state index is 6.30. The molecule has 1 atom stereocenters. The third-order valence-electron chi connectivity index (χ3n) is 7.97. The van der Waals surface area contributed by atoms with Crippen LogP contribution in [-0.4, -0.2) is 35.9 Å². The van der Waals surface area contributed by atoms with E-state index >= 15 is 0 Å². The summed E-state index contributed by atoms with van der Waals surface area (Å²) in [7, 11) is 0. The molecule has 0 saturated heterocycles. The summed E-state index contributed by atoms with van der Waals surface area (Å²) < 4.78 is 12.6. The zero-order valence-electron chi connectivity index (χ0n) is 26.7. The first kappa shape index (κ1) is 31.5. The molecule has 218 valence electrons. The SMILES string of the molecule is C[C@H](CNC(C)(C)CCC(C)(C)NC1CC(Oc2cccc(C(C)(C)C)c2)C1)Oc1cccc(C(C)(C)C)c1. The smallest absolute Gasteiger partial charge is 0.120 e. The van der Waals surface area contributed by atoms with E-state index in [1.807, 2.05) is 0 Å². The minimum absolute atomic E-state index is 0.0349. The van der Waals surface area contributed by atoms with Crippen molar-refractivity contribution in [2.24, 2.45) is 0 Å². The molecule has 0 spiro atoms. The van der Waals surface area contributed by atoms with E-state index in [-0.39, 0.29) is 28.0 Å². The minimum atomic E-state index is 0.0349. The van der Waals surface area contributed by atoms with E-state index in [9.17, 15) is 0 Å². The van der Waals surface area contributed by atoms with Gasteiger partial charge in [0.2, 0.25) is 0 Å². The van der Waals surface area contributed by atoms with Gasteiger partial charge in [0.1, 0.15) is 23.7 Å². The second-order valence-corrected chi connectivity index (χ2v) is 15.2. The number of nitrogens with one attached hydrogen (secondary N) is 2. The van der Waals surface area contributed by atoms with Gasteiger partial charge in [-0.05, 0) is 107 Å². The van der Waals surface area contributed by atoms with Crippen LogP contribution in [0.15, 0.2) is 48.5 Å². The quantitative estimate of drug-likeness (QED) is 0.287. The molecular weight excluding hydrogens is 480 g/mol. The van der Waals surface area contributed by atoms with Crippen molar-refractivity contribution in [3.05, 3.63) is 59.7 Å². The molecule has 2 aromatic carbocycles. The third kappa shape index (κ3) is 10.1. The van der Waals surface area contributed by atoms with E-state index in [1.165, 1.54) is 11.1 Å². The predicted molar refractivity (Wildman–Crippen MR) is 166 cm³/mol. The first-order valence-corrected chi connectivity index (χ1v) is 15.0. The van der Waals surface area contributed by atoms with Gasteiger partial charge in [-0.15, -0.1) is 0 Å². The monoisotopic (exact) mass is 536 g/mol. The second-order valence-electron chi connectivity index (χ2n) is 15.2. The zero-order chi connectivity index (χ0) is 29.1. The Kier molecular flexibility index (Phi) is 9.87. The van der Waals surface area contributed by atoms with E-state index in [1.54, 1.807) is 0 Å². The lowest BCUT2D eigenvalue weighted by atomic mass is 9.84. The number of hydrogen-bond donors (Lipinski definition) is 2. The fourth-order valence-electron chi connectivity index (χ4n) is 5.08. The van der Waals surface area contributed by atoms with Crippen LogP contribution in [0.3, 0.4) is 0 Å². The molecule has 4 heteroatoms. The molecule has 0 bridgehead atoms. The lowest BCUT2D eigenvalue weighted by molar-refractivity contribution is 0.0685. The Morgan fingerprint density at radius 2 is 1.26 bits per heavy atom. The largest absolute Gasteiger partial charge is 0.490 e. The van der Waals surface area contributed by atoms with E-state index in [2.05, 4.69) is 135 Å². The molecule has 1 fully saturated rings. The molecule has 3 rings (SSSR count).